The molecule has 1 fully saturated rings. The van der Waals surface area contributed by atoms with Gasteiger partial charge < -0.3 is 4.98 Å². The highest BCUT2D eigenvalue weighted by molar-refractivity contribution is 7.98. The number of fused-ring (bicyclic) bond motifs is 1. The number of hydrogen-bond donors (Lipinski definition) is 1. The van der Waals surface area contributed by atoms with E-state index in [0.717, 1.165) is 33.3 Å². The van der Waals surface area contributed by atoms with Crippen molar-refractivity contribution in [2.75, 3.05) is 0 Å². The smallest absolute Gasteiger partial charge is 0.259 e. The van der Waals surface area contributed by atoms with Crippen LogP contribution in [-0.4, -0.2) is 30.2 Å². The van der Waals surface area contributed by atoms with Gasteiger partial charge in [-0.15, -0.1) is 16.4 Å². The summed E-state index contributed by atoms with van der Waals surface area (Å²) in [6, 6.07) is 12.4. The third-order valence-corrected chi connectivity index (χ3v) is 7.25. The summed E-state index contributed by atoms with van der Waals surface area (Å²) in [6.07, 6.45) is 5.98. The molecule has 1 aliphatic carbocycles. The quantitative estimate of drug-likeness (QED) is 0.477. The molecule has 0 atom stereocenters. The molecular weight excluding hydrogens is 404 g/mol. The summed E-state index contributed by atoms with van der Waals surface area (Å²) in [6.45, 7) is 0. The fourth-order valence-electron chi connectivity index (χ4n) is 3.76. The Hall–Kier alpha value is -2.52. The SMILES string of the molecule is O=c1[nH]c(CSc2nnnn2C2CCCCC2)nc2sc(-c3ccccc3)cc12. The second-order valence-corrected chi connectivity index (χ2v) is 9.17. The van der Waals surface area contributed by atoms with Crippen LogP contribution in [0.3, 0.4) is 0 Å². The lowest BCUT2D eigenvalue weighted by molar-refractivity contribution is 0.307. The van der Waals surface area contributed by atoms with Gasteiger partial charge in [0.25, 0.3) is 5.56 Å². The Bertz CT molecular complexity index is 1180. The summed E-state index contributed by atoms with van der Waals surface area (Å²) in [4.78, 5) is 22.0. The van der Waals surface area contributed by atoms with Crippen LogP contribution >= 0.6 is 23.1 Å². The summed E-state index contributed by atoms with van der Waals surface area (Å²) in [5, 5.41) is 13.7. The molecule has 0 saturated heterocycles. The fraction of sp³-hybridized carbons (Fsp3) is 0.350. The normalized spacial score (nSPS) is 15.2. The maximum absolute atomic E-state index is 12.6. The van der Waals surface area contributed by atoms with Crippen LogP contribution in [0.4, 0.5) is 0 Å². The number of aromatic nitrogens is 6. The zero-order chi connectivity index (χ0) is 19.6. The van der Waals surface area contributed by atoms with Gasteiger partial charge in [-0.2, -0.15) is 0 Å². The van der Waals surface area contributed by atoms with E-state index >= 15 is 0 Å². The first-order valence-electron chi connectivity index (χ1n) is 9.77. The number of hydrogen-bond acceptors (Lipinski definition) is 7. The van der Waals surface area contributed by atoms with E-state index in [1.54, 1.807) is 11.3 Å². The van der Waals surface area contributed by atoms with Gasteiger partial charge >= 0.3 is 0 Å². The molecule has 0 bridgehead atoms. The van der Waals surface area contributed by atoms with Gasteiger partial charge in [0.2, 0.25) is 5.16 Å². The lowest BCUT2D eigenvalue weighted by Crippen LogP contribution is -2.15. The topological polar surface area (TPSA) is 89.4 Å². The molecule has 0 aliphatic heterocycles. The Morgan fingerprint density at radius 3 is 2.83 bits per heavy atom. The molecular formula is C20H20N6OS2. The number of thioether (sulfide) groups is 1. The number of nitrogens with one attached hydrogen (secondary N) is 1. The van der Waals surface area contributed by atoms with Crippen molar-refractivity contribution in [1.29, 1.82) is 0 Å². The van der Waals surface area contributed by atoms with Crippen LogP contribution in [-0.2, 0) is 5.75 Å². The highest BCUT2D eigenvalue weighted by Gasteiger charge is 2.20. The van der Waals surface area contributed by atoms with Crippen LogP contribution < -0.4 is 5.56 Å². The number of tetrazole rings is 1. The van der Waals surface area contributed by atoms with E-state index in [0.29, 0.717) is 23.0 Å². The van der Waals surface area contributed by atoms with Crippen molar-refractivity contribution in [3.05, 3.63) is 52.6 Å². The standard InChI is InChI=1S/C20H20N6OS2/c27-18-15-11-16(13-7-3-1-4-8-13)29-19(15)22-17(21-18)12-28-20-23-24-25-26(20)14-9-5-2-6-10-14/h1,3-4,7-8,11,14H,2,5-6,9-10,12H2,(H,21,22,27). The molecule has 4 aromatic rings. The van der Waals surface area contributed by atoms with E-state index in [-0.39, 0.29) is 5.56 Å². The molecule has 7 nitrogen and oxygen atoms in total. The molecule has 0 unspecified atom stereocenters. The van der Waals surface area contributed by atoms with Crippen LogP contribution in [0.25, 0.3) is 20.7 Å². The molecule has 0 spiro atoms. The van der Waals surface area contributed by atoms with Crippen LogP contribution in [0, 0.1) is 0 Å². The van der Waals surface area contributed by atoms with Gasteiger partial charge in [0.1, 0.15) is 10.7 Å². The zero-order valence-electron chi connectivity index (χ0n) is 15.7. The van der Waals surface area contributed by atoms with Crippen molar-refractivity contribution < 1.29 is 0 Å². The van der Waals surface area contributed by atoms with Crippen molar-refractivity contribution in [1.82, 2.24) is 30.2 Å². The van der Waals surface area contributed by atoms with Gasteiger partial charge in [0, 0.05) is 4.88 Å². The summed E-state index contributed by atoms with van der Waals surface area (Å²) in [5.74, 6) is 1.17. The van der Waals surface area contributed by atoms with Crippen molar-refractivity contribution in [2.45, 2.75) is 49.1 Å². The van der Waals surface area contributed by atoms with Gasteiger partial charge in [-0.05, 0) is 34.9 Å². The Labute approximate surface area is 175 Å². The number of nitrogens with zero attached hydrogens (tertiary/aromatic N) is 5. The van der Waals surface area contributed by atoms with Gasteiger partial charge in [-0.3, -0.25) is 4.79 Å². The number of aromatic amines is 1. The Morgan fingerprint density at radius 1 is 1.17 bits per heavy atom. The van der Waals surface area contributed by atoms with Crippen molar-refractivity contribution in [3.63, 3.8) is 0 Å². The number of benzene rings is 1. The van der Waals surface area contributed by atoms with Gasteiger partial charge in [-0.25, -0.2) is 9.67 Å². The monoisotopic (exact) mass is 424 g/mol. The van der Waals surface area contributed by atoms with E-state index in [2.05, 4.69) is 25.5 Å². The second-order valence-electron chi connectivity index (χ2n) is 7.19. The molecule has 9 heteroatoms. The second kappa shape index (κ2) is 8.08. The zero-order valence-corrected chi connectivity index (χ0v) is 17.4. The molecule has 1 aliphatic rings. The summed E-state index contributed by atoms with van der Waals surface area (Å²) >= 11 is 3.06. The van der Waals surface area contributed by atoms with Crippen LogP contribution in [0.15, 0.2) is 46.3 Å². The third-order valence-electron chi connectivity index (χ3n) is 5.23. The predicted molar refractivity (Wildman–Crippen MR) is 115 cm³/mol. The van der Waals surface area contributed by atoms with E-state index in [4.69, 9.17) is 0 Å². The van der Waals surface area contributed by atoms with Gasteiger partial charge in [-0.1, -0.05) is 61.4 Å². The molecule has 3 aromatic heterocycles. The van der Waals surface area contributed by atoms with Crippen molar-refractivity contribution >= 4 is 33.3 Å². The predicted octanol–water partition coefficient (Wildman–Crippen LogP) is 4.44. The average Bonchev–Trinajstić information content (AvgIpc) is 3.41. The van der Waals surface area contributed by atoms with Crippen LogP contribution in [0.5, 0.6) is 0 Å². The third kappa shape index (κ3) is 3.84. The highest BCUT2D eigenvalue weighted by atomic mass is 32.2. The first-order chi connectivity index (χ1) is 14.3. The van der Waals surface area contributed by atoms with Gasteiger partial charge in [0.15, 0.2) is 0 Å². The van der Waals surface area contributed by atoms with E-state index in [1.165, 1.54) is 31.0 Å². The van der Waals surface area contributed by atoms with E-state index < -0.39 is 0 Å². The maximum atomic E-state index is 12.6. The first kappa shape index (κ1) is 18.5. The fourth-order valence-corrected chi connectivity index (χ4v) is 5.63. The number of rotatable bonds is 5. The van der Waals surface area contributed by atoms with Crippen molar-refractivity contribution in [2.24, 2.45) is 0 Å². The summed E-state index contributed by atoms with van der Waals surface area (Å²) < 4.78 is 1.94. The molecule has 1 N–H and O–H groups in total. The minimum Gasteiger partial charge on any atom is -0.309 e. The molecule has 3 heterocycles. The Balaban J connectivity index is 1.38. The molecule has 5 rings (SSSR count). The number of H-pyrrole nitrogens is 1. The molecule has 1 aromatic carbocycles. The largest absolute Gasteiger partial charge is 0.309 e. The average molecular weight is 425 g/mol. The van der Waals surface area contributed by atoms with Gasteiger partial charge in [0.05, 0.1) is 17.2 Å². The van der Waals surface area contributed by atoms with Crippen LogP contribution in [0.2, 0.25) is 0 Å². The van der Waals surface area contributed by atoms with E-state index in [1.807, 2.05) is 41.1 Å². The minimum absolute atomic E-state index is 0.101. The maximum Gasteiger partial charge on any atom is 0.259 e. The molecule has 0 radical (unpaired) electrons. The van der Waals surface area contributed by atoms with E-state index in [9.17, 15) is 4.79 Å². The number of thiophene rings is 1. The molecule has 1 saturated carbocycles. The summed E-state index contributed by atoms with van der Waals surface area (Å²) in [5.41, 5.74) is 0.994. The van der Waals surface area contributed by atoms with Crippen LogP contribution in [0.1, 0.15) is 44.0 Å². The van der Waals surface area contributed by atoms with Crippen molar-refractivity contribution in [3.8, 4) is 10.4 Å². The Kier molecular flexibility index (Phi) is 5.15. The lowest BCUT2D eigenvalue weighted by Gasteiger charge is -2.21. The molecule has 29 heavy (non-hydrogen) atoms. The molecule has 0 amide bonds. The lowest BCUT2D eigenvalue weighted by atomic mass is 9.96. The minimum atomic E-state index is -0.101. The highest BCUT2D eigenvalue weighted by Crippen LogP contribution is 2.32. The molecule has 148 valence electrons. The Morgan fingerprint density at radius 2 is 2.00 bits per heavy atom. The first-order valence-corrected chi connectivity index (χ1v) is 11.6. The summed E-state index contributed by atoms with van der Waals surface area (Å²) in [7, 11) is 0.